The van der Waals surface area contributed by atoms with Gasteiger partial charge >= 0.3 is 6.09 Å². The van der Waals surface area contributed by atoms with E-state index in [1.807, 2.05) is 52.0 Å². The van der Waals surface area contributed by atoms with Crippen molar-refractivity contribution in [2.24, 2.45) is 0 Å². The van der Waals surface area contributed by atoms with Gasteiger partial charge in [-0.2, -0.15) is 0 Å². The molecule has 0 atom stereocenters. The third kappa shape index (κ3) is 5.32. The third-order valence-corrected chi connectivity index (χ3v) is 5.02. The topological polar surface area (TPSA) is 67.9 Å². The zero-order valence-electron chi connectivity index (χ0n) is 18.4. The van der Waals surface area contributed by atoms with E-state index in [0.717, 1.165) is 24.2 Å². The van der Waals surface area contributed by atoms with Crippen LogP contribution in [0.4, 0.5) is 4.79 Å². The molecule has 0 spiro atoms. The van der Waals surface area contributed by atoms with Gasteiger partial charge in [0.25, 0.3) is 5.91 Å². The Bertz CT molecular complexity index is 947. The molecule has 0 radical (unpaired) electrons. The lowest BCUT2D eigenvalue weighted by Crippen LogP contribution is -2.38. The van der Waals surface area contributed by atoms with Gasteiger partial charge < -0.3 is 19.7 Å². The van der Waals surface area contributed by atoms with Crippen LogP contribution >= 0.6 is 0 Å². The van der Waals surface area contributed by atoms with E-state index >= 15 is 0 Å². The molecule has 1 heterocycles. The summed E-state index contributed by atoms with van der Waals surface area (Å²) in [6.45, 7) is 8.82. The molecule has 0 aromatic heterocycles. The normalized spacial score (nSPS) is 13.8. The van der Waals surface area contributed by atoms with Crippen LogP contribution in [0.1, 0.15) is 47.8 Å². The Labute approximate surface area is 178 Å². The molecule has 0 saturated carbocycles. The van der Waals surface area contributed by atoms with E-state index < -0.39 is 5.60 Å². The largest absolute Gasteiger partial charge is 0.457 e. The molecule has 0 saturated heterocycles. The predicted octanol–water partition coefficient (Wildman–Crippen LogP) is 4.48. The molecular formula is C24H30N2O4. The van der Waals surface area contributed by atoms with Gasteiger partial charge in [-0.3, -0.25) is 4.79 Å². The molecule has 1 N–H and O–H groups in total. The standard InChI is InChI=1S/C24H30N2O4/c1-16-14-19(22(27)25-5)7-9-21(16)29-20-8-6-17-10-12-26(13-11-18(17)15-20)23(28)30-24(2,3)4/h6-9,14-15H,10-13H2,1-5H3,(H,25,27). The summed E-state index contributed by atoms with van der Waals surface area (Å²) in [6, 6.07) is 11.4. The molecule has 0 bridgehead atoms. The number of amides is 2. The minimum absolute atomic E-state index is 0.121. The van der Waals surface area contributed by atoms with Crippen molar-refractivity contribution >= 4 is 12.0 Å². The average Bonchev–Trinajstić information content (AvgIpc) is 2.90. The van der Waals surface area contributed by atoms with E-state index in [9.17, 15) is 9.59 Å². The molecule has 6 nitrogen and oxygen atoms in total. The fourth-order valence-corrected chi connectivity index (χ4v) is 3.45. The van der Waals surface area contributed by atoms with Crippen LogP contribution in [0.5, 0.6) is 11.5 Å². The van der Waals surface area contributed by atoms with E-state index in [2.05, 4.69) is 11.4 Å². The highest BCUT2D eigenvalue weighted by Crippen LogP contribution is 2.29. The molecule has 0 aliphatic carbocycles. The Kier molecular flexibility index (Phi) is 6.34. The number of ether oxygens (including phenoxy) is 2. The monoisotopic (exact) mass is 410 g/mol. The first kappa shape index (κ1) is 21.7. The van der Waals surface area contributed by atoms with Gasteiger partial charge in [-0.1, -0.05) is 6.07 Å². The quantitative estimate of drug-likeness (QED) is 0.810. The smallest absolute Gasteiger partial charge is 0.410 e. The highest BCUT2D eigenvalue weighted by molar-refractivity contribution is 5.94. The molecule has 3 rings (SSSR count). The molecule has 2 aromatic rings. The zero-order valence-corrected chi connectivity index (χ0v) is 18.4. The lowest BCUT2D eigenvalue weighted by Gasteiger charge is -2.26. The van der Waals surface area contributed by atoms with Crippen LogP contribution in [0.25, 0.3) is 0 Å². The van der Waals surface area contributed by atoms with Gasteiger partial charge in [0.2, 0.25) is 0 Å². The number of aryl methyl sites for hydroxylation is 1. The average molecular weight is 411 g/mol. The fraction of sp³-hybridized carbons (Fsp3) is 0.417. The number of hydrogen-bond donors (Lipinski definition) is 1. The summed E-state index contributed by atoms with van der Waals surface area (Å²) in [5.74, 6) is 1.34. The van der Waals surface area contributed by atoms with E-state index in [-0.39, 0.29) is 12.0 Å². The first-order valence-electron chi connectivity index (χ1n) is 10.3. The van der Waals surface area contributed by atoms with Crippen LogP contribution in [0, 0.1) is 6.92 Å². The number of fused-ring (bicyclic) bond motifs is 1. The number of carbonyl (C=O) groups is 2. The van der Waals surface area contributed by atoms with Gasteiger partial charge in [0.1, 0.15) is 17.1 Å². The molecule has 6 heteroatoms. The molecule has 1 aliphatic rings. The van der Waals surface area contributed by atoms with E-state index in [1.54, 1.807) is 18.0 Å². The second-order valence-corrected chi connectivity index (χ2v) is 8.56. The number of carbonyl (C=O) groups excluding carboxylic acids is 2. The van der Waals surface area contributed by atoms with Gasteiger partial charge in [0.05, 0.1) is 0 Å². The van der Waals surface area contributed by atoms with Crippen LogP contribution in [0.2, 0.25) is 0 Å². The summed E-state index contributed by atoms with van der Waals surface area (Å²) >= 11 is 0. The summed E-state index contributed by atoms with van der Waals surface area (Å²) in [6.07, 6.45) is 1.27. The number of nitrogens with zero attached hydrogens (tertiary/aromatic N) is 1. The van der Waals surface area contributed by atoms with E-state index in [0.29, 0.717) is 24.4 Å². The molecule has 30 heavy (non-hydrogen) atoms. The maximum absolute atomic E-state index is 12.4. The van der Waals surface area contributed by atoms with Crippen LogP contribution in [0.15, 0.2) is 36.4 Å². The van der Waals surface area contributed by atoms with Crippen LogP contribution in [-0.2, 0) is 17.6 Å². The lowest BCUT2D eigenvalue weighted by atomic mass is 10.0. The van der Waals surface area contributed by atoms with Crippen molar-refractivity contribution < 1.29 is 19.1 Å². The number of hydrogen-bond acceptors (Lipinski definition) is 4. The summed E-state index contributed by atoms with van der Waals surface area (Å²) in [7, 11) is 1.61. The summed E-state index contributed by atoms with van der Waals surface area (Å²) in [5, 5.41) is 2.62. The first-order valence-corrected chi connectivity index (χ1v) is 10.3. The number of benzene rings is 2. The maximum atomic E-state index is 12.4. The fourth-order valence-electron chi connectivity index (χ4n) is 3.45. The molecule has 1 aliphatic heterocycles. The second-order valence-electron chi connectivity index (χ2n) is 8.56. The second kappa shape index (κ2) is 8.78. The van der Waals surface area contributed by atoms with Crippen molar-refractivity contribution in [2.75, 3.05) is 20.1 Å². The summed E-state index contributed by atoms with van der Waals surface area (Å²) < 4.78 is 11.6. The minimum atomic E-state index is -0.498. The van der Waals surface area contributed by atoms with Crippen LogP contribution in [-0.4, -0.2) is 42.6 Å². The van der Waals surface area contributed by atoms with E-state index in [1.165, 1.54) is 11.1 Å². The van der Waals surface area contributed by atoms with Crippen molar-refractivity contribution in [1.29, 1.82) is 0 Å². The van der Waals surface area contributed by atoms with Crippen molar-refractivity contribution in [3.63, 3.8) is 0 Å². The molecule has 160 valence electrons. The van der Waals surface area contributed by atoms with Crippen molar-refractivity contribution in [2.45, 2.75) is 46.1 Å². The summed E-state index contributed by atoms with van der Waals surface area (Å²) in [5.41, 5.74) is 3.40. The molecular weight excluding hydrogens is 380 g/mol. The lowest BCUT2D eigenvalue weighted by molar-refractivity contribution is 0.0258. The highest BCUT2D eigenvalue weighted by Gasteiger charge is 2.24. The van der Waals surface area contributed by atoms with Crippen LogP contribution in [0.3, 0.4) is 0 Å². The third-order valence-electron chi connectivity index (χ3n) is 5.02. The van der Waals surface area contributed by atoms with Crippen LogP contribution < -0.4 is 10.1 Å². The SMILES string of the molecule is CNC(=O)c1ccc(Oc2ccc3c(c2)CCN(C(=O)OC(C)(C)C)CC3)c(C)c1. The van der Waals surface area contributed by atoms with Crippen molar-refractivity contribution in [3.05, 3.63) is 58.7 Å². The highest BCUT2D eigenvalue weighted by atomic mass is 16.6. The maximum Gasteiger partial charge on any atom is 0.410 e. The van der Waals surface area contributed by atoms with E-state index in [4.69, 9.17) is 9.47 Å². The first-order chi connectivity index (χ1) is 14.2. The van der Waals surface area contributed by atoms with Gasteiger partial charge in [-0.15, -0.1) is 0 Å². The Hall–Kier alpha value is -3.02. The van der Waals surface area contributed by atoms with Crippen molar-refractivity contribution in [3.8, 4) is 11.5 Å². The zero-order chi connectivity index (χ0) is 21.9. The Morgan fingerprint density at radius 3 is 2.33 bits per heavy atom. The molecule has 2 aromatic carbocycles. The van der Waals surface area contributed by atoms with Gasteiger partial charge in [0, 0.05) is 25.7 Å². The van der Waals surface area contributed by atoms with Crippen molar-refractivity contribution in [1.82, 2.24) is 10.2 Å². The Morgan fingerprint density at radius 2 is 1.70 bits per heavy atom. The van der Waals surface area contributed by atoms with Gasteiger partial charge in [-0.05, 0) is 87.6 Å². The minimum Gasteiger partial charge on any atom is -0.457 e. The van der Waals surface area contributed by atoms with Gasteiger partial charge in [0.15, 0.2) is 0 Å². The number of nitrogens with one attached hydrogen (secondary N) is 1. The van der Waals surface area contributed by atoms with Gasteiger partial charge in [-0.25, -0.2) is 4.79 Å². The Morgan fingerprint density at radius 1 is 1.00 bits per heavy atom. The predicted molar refractivity (Wildman–Crippen MR) is 116 cm³/mol. The molecule has 0 unspecified atom stereocenters. The Balaban J connectivity index is 1.71. The number of rotatable bonds is 3. The summed E-state index contributed by atoms with van der Waals surface area (Å²) in [4.78, 5) is 26.0. The molecule has 2 amide bonds. The molecule has 0 fully saturated rings.